The van der Waals surface area contributed by atoms with E-state index < -0.39 is 15.4 Å². The summed E-state index contributed by atoms with van der Waals surface area (Å²) >= 11 is 0. The van der Waals surface area contributed by atoms with Crippen molar-refractivity contribution in [2.75, 3.05) is 26.5 Å². The molecule has 28 heavy (non-hydrogen) atoms. The quantitative estimate of drug-likeness (QED) is 0.433. The summed E-state index contributed by atoms with van der Waals surface area (Å²) in [7, 11) is -1.51. The van der Waals surface area contributed by atoms with Gasteiger partial charge in [-0.15, -0.1) is 0 Å². The lowest BCUT2D eigenvalue weighted by molar-refractivity contribution is -0.155. The Morgan fingerprint density at radius 1 is 1.04 bits per heavy atom. The first-order chi connectivity index (χ1) is 12.9. The molecule has 0 atom stereocenters. The number of ether oxygens (including phenoxy) is 2. The summed E-state index contributed by atoms with van der Waals surface area (Å²) in [6.07, 6.45) is 2.87. The Hall–Kier alpha value is -2.09. The molecule has 1 aromatic carbocycles. The molecule has 0 radical (unpaired) electrons. The second-order valence-electron chi connectivity index (χ2n) is 7.70. The Morgan fingerprint density at radius 2 is 1.64 bits per heavy atom. The number of sulfone groups is 1. The third-order valence-electron chi connectivity index (χ3n) is 3.78. The number of carbonyl (C=O) groups excluding carboxylic acids is 2. The van der Waals surface area contributed by atoms with Gasteiger partial charge in [0, 0.05) is 32.7 Å². The van der Waals surface area contributed by atoms with Crippen molar-refractivity contribution < 1.29 is 27.5 Å². The molecule has 7 nitrogen and oxygen atoms in total. The maximum atomic E-state index is 12.1. The van der Waals surface area contributed by atoms with Gasteiger partial charge in [0.2, 0.25) is 5.91 Å². The van der Waals surface area contributed by atoms with E-state index in [4.69, 9.17) is 9.47 Å². The first kappa shape index (κ1) is 23.9. The molecule has 0 saturated heterocycles. The molecule has 0 unspecified atom stereocenters. The van der Waals surface area contributed by atoms with Gasteiger partial charge in [-0.3, -0.25) is 9.59 Å². The average molecular weight is 414 g/mol. The number of rotatable bonds is 10. The summed E-state index contributed by atoms with van der Waals surface area (Å²) in [6.45, 7) is 6.32. The minimum atomic E-state index is -3.22. The van der Waals surface area contributed by atoms with Crippen LogP contribution in [0.3, 0.4) is 0 Å². The van der Waals surface area contributed by atoms with Gasteiger partial charge in [-0.1, -0.05) is 0 Å². The van der Waals surface area contributed by atoms with E-state index in [1.54, 1.807) is 24.1 Å². The van der Waals surface area contributed by atoms with E-state index in [1.807, 2.05) is 20.8 Å². The first-order valence-corrected chi connectivity index (χ1v) is 11.2. The van der Waals surface area contributed by atoms with Crippen LogP contribution in [-0.2, 0) is 24.2 Å². The molecule has 158 valence electrons. The lowest BCUT2D eigenvalue weighted by Gasteiger charge is -2.20. The highest BCUT2D eigenvalue weighted by Gasteiger charge is 2.16. The van der Waals surface area contributed by atoms with Gasteiger partial charge in [0.1, 0.15) is 11.4 Å². The highest BCUT2D eigenvalue weighted by atomic mass is 32.2. The molecular formula is C20H31NO6S. The smallest absolute Gasteiger partial charge is 0.306 e. The number of benzene rings is 1. The third kappa shape index (κ3) is 9.73. The van der Waals surface area contributed by atoms with Crippen LogP contribution in [0.25, 0.3) is 0 Å². The molecule has 0 aliphatic heterocycles. The number of amides is 1. The summed E-state index contributed by atoms with van der Waals surface area (Å²) in [5.41, 5.74) is -0.496. The van der Waals surface area contributed by atoms with Gasteiger partial charge in [-0.05, 0) is 57.9 Å². The Kier molecular flexibility index (Phi) is 8.94. The minimum absolute atomic E-state index is 0.0137. The van der Waals surface area contributed by atoms with Gasteiger partial charge in [0.05, 0.1) is 11.5 Å². The van der Waals surface area contributed by atoms with E-state index in [2.05, 4.69) is 0 Å². The molecule has 0 fully saturated rings. The monoisotopic (exact) mass is 413 g/mol. The molecular weight excluding hydrogens is 382 g/mol. The number of hydrogen-bond donors (Lipinski definition) is 0. The van der Waals surface area contributed by atoms with Crippen LogP contribution in [0.4, 0.5) is 0 Å². The average Bonchev–Trinajstić information content (AvgIpc) is 2.56. The van der Waals surface area contributed by atoms with Crippen molar-refractivity contribution in [3.63, 3.8) is 0 Å². The Balaban J connectivity index is 2.24. The zero-order chi connectivity index (χ0) is 21.4. The van der Waals surface area contributed by atoms with Crippen molar-refractivity contribution in [1.82, 2.24) is 4.90 Å². The zero-order valence-corrected chi connectivity index (χ0v) is 18.2. The molecule has 0 spiro atoms. The van der Waals surface area contributed by atoms with Gasteiger partial charge >= 0.3 is 5.97 Å². The van der Waals surface area contributed by atoms with E-state index in [9.17, 15) is 18.0 Å². The first-order valence-electron chi connectivity index (χ1n) is 9.27. The van der Waals surface area contributed by atoms with Crippen molar-refractivity contribution in [3.8, 4) is 5.75 Å². The minimum Gasteiger partial charge on any atom is -0.494 e. The van der Waals surface area contributed by atoms with Crippen molar-refractivity contribution in [2.24, 2.45) is 0 Å². The summed E-state index contributed by atoms with van der Waals surface area (Å²) in [4.78, 5) is 25.6. The van der Waals surface area contributed by atoms with Gasteiger partial charge in [-0.25, -0.2) is 8.42 Å². The van der Waals surface area contributed by atoms with Crippen LogP contribution >= 0.6 is 0 Å². The van der Waals surface area contributed by atoms with Crippen molar-refractivity contribution in [1.29, 1.82) is 0 Å². The standard InChI is InChI=1S/C20H31NO6S/c1-20(2,3)27-19(23)9-6-14-21(4)18(22)8-7-15-26-16-10-12-17(13-11-16)28(5,24)25/h10-13H,6-9,14-15H2,1-5H3. The Bertz CT molecular complexity index is 750. The number of esters is 1. The molecule has 0 bridgehead atoms. The highest BCUT2D eigenvalue weighted by molar-refractivity contribution is 7.90. The predicted octanol–water partition coefficient (Wildman–Crippen LogP) is 2.83. The number of hydrogen-bond acceptors (Lipinski definition) is 6. The second kappa shape index (κ2) is 10.5. The fourth-order valence-electron chi connectivity index (χ4n) is 2.37. The molecule has 0 saturated carbocycles. The maximum Gasteiger partial charge on any atom is 0.306 e. The highest BCUT2D eigenvalue weighted by Crippen LogP contribution is 2.16. The second-order valence-corrected chi connectivity index (χ2v) is 9.72. The summed E-state index contributed by atoms with van der Waals surface area (Å²) in [5.74, 6) is 0.286. The van der Waals surface area contributed by atoms with Crippen molar-refractivity contribution in [2.45, 2.75) is 57.0 Å². The number of carbonyl (C=O) groups is 2. The summed E-state index contributed by atoms with van der Waals surface area (Å²) in [6, 6.07) is 6.19. The van der Waals surface area contributed by atoms with E-state index in [1.165, 1.54) is 12.1 Å². The molecule has 1 aromatic rings. The molecule has 0 aliphatic rings. The van der Waals surface area contributed by atoms with Gasteiger partial charge < -0.3 is 14.4 Å². The van der Waals surface area contributed by atoms with Crippen molar-refractivity contribution >= 4 is 21.7 Å². The molecule has 1 amide bonds. The van der Waals surface area contributed by atoms with Crippen LogP contribution in [0.15, 0.2) is 29.2 Å². The molecule has 0 N–H and O–H groups in total. The third-order valence-corrected chi connectivity index (χ3v) is 4.90. The zero-order valence-electron chi connectivity index (χ0n) is 17.4. The summed E-state index contributed by atoms with van der Waals surface area (Å²) in [5, 5.41) is 0. The van der Waals surface area contributed by atoms with Gasteiger partial charge in [0.25, 0.3) is 0 Å². The maximum absolute atomic E-state index is 12.1. The molecule has 0 aromatic heterocycles. The molecule has 0 heterocycles. The largest absolute Gasteiger partial charge is 0.494 e. The topological polar surface area (TPSA) is 90.0 Å². The molecule has 0 aliphatic carbocycles. The van der Waals surface area contributed by atoms with E-state index in [-0.39, 0.29) is 23.2 Å². The fourth-order valence-corrected chi connectivity index (χ4v) is 3.00. The summed E-state index contributed by atoms with van der Waals surface area (Å²) < 4.78 is 33.6. The molecule has 1 rings (SSSR count). The lowest BCUT2D eigenvalue weighted by Crippen LogP contribution is -2.29. The lowest BCUT2D eigenvalue weighted by atomic mass is 10.2. The molecule has 8 heteroatoms. The normalized spacial score (nSPS) is 11.8. The van der Waals surface area contributed by atoms with E-state index >= 15 is 0 Å². The van der Waals surface area contributed by atoms with Crippen LogP contribution < -0.4 is 4.74 Å². The SMILES string of the molecule is CN(CCCC(=O)OC(C)(C)C)C(=O)CCCOc1ccc(S(C)(=O)=O)cc1. The Morgan fingerprint density at radius 3 is 2.18 bits per heavy atom. The van der Waals surface area contributed by atoms with Gasteiger partial charge in [-0.2, -0.15) is 0 Å². The van der Waals surface area contributed by atoms with Crippen LogP contribution in [-0.4, -0.2) is 57.3 Å². The van der Waals surface area contributed by atoms with Crippen LogP contribution in [0.2, 0.25) is 0 Å². The van der Waals surface area contributed by atoms with Crippen LogP contribution in [0.5, 0.6) is 5.75 Å². The van der Waals surface area contributed by atoms with Crippen molar-refractivity contribution in [3.05, 3.63) is 24.3 Å². The fraction of sp³-hybridized carbons (Fsp3) is 0.600. The van der Waals surface area contributed by atoms with Crippen LogP contribution in [0, 0.1) is 0 Å². The number of nitrogens with zero attached hydrogens (tertiary/aromatic N) is 1. The predicted molar refractivity (Wildman–Crippen MR) is 107 cm³/mol. The van der Waals surface area contributed by atoms with Crippen LogP contribution in [0.1, 0.15) is 46.5 Å². The Labute approximate surface area is 167 Å². The van der Waals surface area contributed by atoms with E-state index in [0.717, 1.165) is 6.26 Å². The van der Waals surface area contributed by atoms with E-state index in [0.29, 0.717) is 38.2 Å². The van der Waals surface area contributed by atoms with Gasteiger partial charge in [0.15, 0.2) is 9.84 Å².